The lowest BCUT2D eigenvalue weighted by atomic mass is 10.0. The van der Waals surface area contributed by atoms with Crippen LogP contribution >= 0.6 is 0 Å². The number of aliphatic hydroxyl groups excluding tert-OH is 1. The largest absolute Gasteiger partial charge is 0.391 e. The molecule has 2 aromatic carbocycles. The van der Waals surface area contributed by atoms with Crippen LogP contribution in [0, 0.1) is 23.3 Å². The van der Waals surface area contributed by atoms with E-state index in [0.717, 1.165) is 0 Å². The second-order valence-electron chi connectivity index (χ2n) is 3.63. The van der Waals surface area contributed by atoms with Crippen molar-refractivity contribution in [2.75, 3.05) is 0 Å². The van der Waals surface area contributed by atoms with Crippen molar-refractivity contribution in [3.8, 4) is 11.1 Å². The van der Waals surface area contributed by atoms with Crippen LogP contribution in [0.3, 0.4) is 0 Å². The molecular formula is C13H8F4O. The molecule has 2 aromatic rings. The van der Waals surface area contributed by atoms with Crippen molar-refractivity contribution in [2.24, 2.45) is 0 Å². The Bertz CT molecular complexity index is 552. The number of hydrogen-bond donors (Lipinski definition) is 1. The lowest BCUT2D eigenvalue weighted by molar-refractivity contribution is 0.263. The summed E-state index contributed by atoms with van der Waals surface area (Å²) >= 11 is 0. The van der Waals surface area contributed by atoms with Crippen molar-refractivity contribution in [1.82, 2.24) is 0 Å². The van der Waals surface area contributed by atoms with Gasteiger partial charge in [-0.15, -0.1) is 0 Å². The Morgan fingerprint density at radius 2 is 1.28 bits per heavy atom. The molecule has 0 spiro atoms. The molecule has 1 N–H and O–H groups in total. The van der Waals surface area contributed by atoms with E-state index in [1.165, 1.54) is 24.3 Å². The Labute approximate surface area is 100 Å². The van der Waals surface area contributed by atoms with Gasteiger partial charge in [0.1, 0.15) is 0 Å². The first kappa shape index (κ1) is 12.6. The number of hydrogen-bond acceptors (Lipinski definition) is 1. The van der Waals surface area contributed by atoms with Gasteiger partial charge in [0.25, 0.3) is 0 Å². The smallest absolute Gasteiger partial charge is 0.170 e. The summed E-state index contributed by atoms with van der Waals surface area (Å²) in [7, 11) is 0. The third kappa shape index (κ3) is 1.86. The fraction of sp³-hybridized carbons (Fsp3) is 0.0769. The molecule has 0 saturated carbocycles. The zero-order valence-corrected chi connectivity index (χ0v) is 9.05. The molecule has 1 nitrogen and oxygen atoms in total. The van der Waals surface area contributed by atoms with Crippen LogP contribution in [-0.2, 0) is 6.61 Å². The minimum atomic E-state index is -1.57. The van der Waals surface area contributed by atoms with Crippen LogP contribution < -0.4 is 0 Å². The first-order valence-electron chi connectivity index (χ1n) is 5.09. The molecular weight excluding hydrogens is 248 g/mol. The van der Waals surface area contributed by atoms with Crippen molar-refractivity contribution in [2.45, 2.75) is 6.61 Å². The van der Waals surface area contributed by atoms with Crippen LogP contribution in [-0.4, -0.2) is 5.11 Å². The van der Waals surface area contributed by atoms with E-state index < -0.39 is 41.0 Å². The molecule has 0 amide bonds. The zero-order valence-electron chi connectivity index (χ0n) is 9.05. The van der Waals surface area contributed by atoms with Gasteiger partial charge in [-0.05, 0) is 5.56 Å². The fourth-order valence-electron chi connectivity index (χ4n) is 1.67. The average molecular weight is 256 g/mol. The summed E-state index contributed by atoms with van der Waals surface area (Å²) in [5, 5.41) is 8.70. The van der Waals surface area contributed by atoms with Crippen LogP contribution in [0.4, 0.5) is 17.6 Å². The molecule has 0 aliphatic heterocycles. The summed E-state index contributed by atoms with van der Waals surface area (Å²) in [6.07, 6.45) is 0. The highest BCUT2D eigenvalue weighted by Gasteiger charge is 2.25. The summed E-state index contributed by atoms with van der Waals surface area (Å²) in [4.78, 5) is 0. The van der Waals surface area contributed by atoms with Gasteiger partial charge >= 0.3 is 0 Å². The normalized spacial score (nSPS) is 10.7. The van der Waals surface area contributed by atoms with Crippen molar-refractivity contribution in [1.29, 1.82) is 0 Å². The van der Waals surface area contributed by atoms with Gasteiger partial charge in [0.05, 0.1) is 17.7 Å². The van der Waals surface area contributed by atoms with E-state index in [1.807, 2.05) is 0 Å². The molecule has 0 saturated heterocycles. The lowest BCUT2D eigenvalue weighted by Gasteiger charge is -2.10. The molecule has 0 aliphatic carbocycles. The SMILES string of the molecule is OCc1c(F)c(F)c(-c2ccccc2)c(F)c1F. The van der Waals surface area contributed by atoms with Crippen molar-refractivity contribution >= 4 is 0 Å². The fourth-order valence-corrected chi connectivity index (χ4v) is 1.67. The Morgan fingerprint density at radius 1 is 0.778 bits per heavy atom. The summed E-state index contributed by atoms with van der Waals surface area (Å²) in [6, 6.07) is 7.25. The van der Waals surface area contributed by atoms with Gasteiger partial charge in [-0.25, -0.2) is 17.6 Å². The van der Waals surface area contributed by atoms with Crippen LogP contribution in [0.25, 0.3) is 11.1 Å². The summed E-state index contributed by atoms with van der Waals surface area (Å²) < 4.78 is 54.3. The Balaban J connectivity index is 2.78. The average Bonchev–Trinajstić information content (AvgIpc) is 2.39. The maximum absolute atomic E-state index is 13.7. The van der Waals surface area contributed by atoms with Gasteiger partial charge in [-0.2, -0.15) is 0 Å². The number of halogens is 4. The van der Waals surface area contributed by atoms with Gasteiger partial charge in [0.15, 0.2) is 23.3 Å². The van der Waals surface area contributed by atoms with Gasteiger partial charge in [-0.3, -0.25) is 0 Å². The van der Waals surface area contributed by atoms with E-state index in [9.17, 15) is 17.6 Å². The summed E-state index contributed by atoms with van der Waals surface area (Å²) in [5.41, 5.74) is -1.76. The van der Waals surface area contributed by atoms with Gasteiger partial charge in [0, 0.05) is 0 Å². The van der Waals surface area contributed by atoms with E-state index in [-0.39, 0.29) is 5.56 Å². The first-order valence-corrected chi connectivity index (χ1v) is 5.09. The topological polar surface area (TPSA) is 20.2 Å². The van der Waals surface area contributed by atoms with Crippen molar-refractivity contribution in [3.63, 3.8) is 0 Å². The van der Waals surface area contributed by atoms with E-state index in [4.69, 9.17) is 5.11 Å². The second-order valence-corrected chi connectivity index (χ2v) is 3.63. The third-order valence-electron chi connectivity index (χ3n) is 2.57. The van der Waals surface area contributed by atoms with Gasteiger partial charge in [0.2, 0.25) is 0 Å². The minimum Gasteiger partial charge on any atom is -0.391 e. The highest BCUT2D eigenvalue weighted by atomic mass is 19.2. The first-order chi connectivity index (χ1) is 8.57. The quantitative estimate of drug-likeness (QED) is 0.645. The molecule has 0 aliphatic rings. The molecule has 5 heteroatoms. The summed E-state index contributed by atoms with van der Waals surface area (Å²) in [5.74, 6) is -6.17. The third-order valence-corrected chi connectivity index (χ3v) is 2.57. The predicted molar refractivity (Wildman–Crippen MR) is 57.6 cm³/mol. The molecule has 0 atom stereocenters. The second kappa shape index (κ2) is 4.78. The number of aliphatic hydroxyl groups is 1. The Kier molecular flexibility index (Phi) is 3.34. The van der Waals surface area contributed by atoms with E-state index in [2.05, 4.69) is 0 Å². The van der Waals surface area contributed by atoms with E-state index in [1.54, 1.807) is 6.07 Å². The van der Waals surface area contributed by atoms with Crippen LogP contribution in [0.15, 0.2) is 30.3 Å². The van der Waals surface area contributed by atoms with Crippen LogP contribution in [0.1, 0.15) is 5.56 Å². The molecule has 2 rings (SSSR count). The van der Waals surface area contributed by atoms with E-state index in [0.29, 0.717) is 0 Å². The van der Waals surface area contributed by atoms with Gasteiger partial charge < -0.3 is 5.11 Å². The van der Waals surface area contributed by atoms with Gasteiger partial charge in [-0.1, -0.05) is 30.3 Å². The Morgan fingerprint density at radius 3 is 1.72 bits per heavy atom. The molecule has 0 fully saturated rings. The molecule has 0 radical (unpaired) electrons. The molecule has 0 bridgehead atoms. The molecule has 18 heavy (non-hydrogen) atoms. The number of benzene rings is 2. The van der Waals surface area contributed by atoms with E-state index >= 15 is 0 Å². The molecule has 0 unspecified atom stereocenters. The van der Waals surface area contributed by atoms with Crippen LogP contribution in [0.2, 0.25) is 0 Å². The highest BCUT2D eigenvalue weighted by molar-refractivity contribution is 5.65. The monoisotopic (exact) mass is 256 g/mol. The van der Waals surface area contributed by atoms with Crippen LogP contribution in [0.5, 0.6) is 0 Å². The highest BCUT2D eigenvalue weighted by Crippen LogP contribution is 2.31. The maximum Gasteiger partial charge on any atom is 0.170 e. The molecule has 94 valence electrons. The Hall–Kier alpha value is -1.88. The summed E-state index contributed by atoms with van der Waals surface area (Å²) in [6.45, 7) is -1.11. The maximum atomic E-state index is 13.7. The number of rotatable bonds is 2. The minimum absolute atomic E-state index is 0.0230. The van der Waals surface area contributed by atoms with Crippen molar-refractivity contribution in [3.05, 3.63) is 59.2 Å². The molecule has 0 heterocycles. The molecule has 0 aromatic heterocycles. The standard InChI is InChI=1S/C13H8F4O/c14-10-8(6-18)11(15)13(17)9(12(10)16)7-4-2-1-3-5-7/h1-5,18H,6H2. The predicted octanol–water partition coefficient (Wildman–Crippen LogP) is 3.40. The van der Waals surface area contributed by atoms with Crippen molar-refractivity contribution < 1.29 is 22.7 Å². The lowest BCUT2D eigenvalue weighted by Crippen LogP contribution is -2.06. The zero-order chi connectivity index (χ0) is 13.3.